The topological polar surface area (TPSA) is 53.4 Å². The number of aromatic nitrogens is 1. The van der Waals surface area contributed by atoms with Crippen molar-refractivity contribution < 1.29 is 10.2 Å². The van der Waals surface area contributed by atoms with Crippen LogP contribution in [0, 0.1) is 11.8 Å². The van der Waals surface area contributed by atoms with Gasteiger partial charge in [0.2, 0.25) is 0 Å². The average Bonchev–Trinajstić information content (AvgIpc) is 2.73. The van der Waals surface area contributed by atoms with E-state index < -0.39 is 0 Å². The Bertz CT molecular complexity index is 1170. The van der Waals surface area contributed by atoms with Crippen LogP contribution in [0.3, 0.4) is 0 Å². The van der Waals surface area contributed by atoms with Crippen molar-refractivity contribution in [2.24, 2.45) is 0 Å². The van der Waals surface area contributed by atoms with E-state index in [0.29, 0.717) is 23.8 Å². The highest BCUT2D eigenvalue weighted by molar-refractivity contribution is 5.92. The maximum atomic E-state index is 10.8. The molecule has 0 radical (unpaired) electrons. The SMILES string of the molecule is Oc1cc2ccc(C#CCc3ccccc3)cc2c(O)c1Cc1cccnc1. The first kappa shape index (κ1) is 17.6. The Hall–Kier alpha value is -3.77. The largest absolute Gasteiger partial charge is 0.507 e. The lowest BCUT2D eigenvalue weighted by Crippen LogP contribution is -1.92. The van der Waals surface area contributed by atoms with Crippen molar-refractivity contribution in [3.8, 4) is 23.3 Å². The Labute approximate surface area is 163 Å². The van der Waals surface area contributed by atoms with Crippen LogP contribution in [0.4, 0.5) is 0 Å². The fourth-order valence-corrected chi connectivity index (χ4v) is 3.21. The lowest BCUT2D eigenvalue weighted by Gasteiger charge is -2.11. The number of aromatic hydroxyl groups is 2. The number of hydrogen-bond acceptors (Lipinski definition) is 3. The second-order valence-electron chi connectivity index (χ2n) is 6.66. The second kappa shape index (κ2) is 7.85. The van der Waals surface area contributed by atoms with E-state index in [9.17, 15) is 10.2 Å². The fraction of sp³-hybridized carbons (Fsp3) is 0.0800. The number of pyridine rings is 1. The van der Waals surface area contributed by atoms with Crippen molar-refractivity contribution in [2.45, 2.75) is 12.8 Å². The number of phenolic OH excluding ortho intramolecular Hbond substituents is 2. The second-order valence-corrected chi connectivity index (χ2v) is 6.66. The third-order valence-corrected chi connectivity index (χ3v) is 4.67. The third kappa shape index (κ3) is 3.82. The monoisotopic (exact) mass is 365 g/mol. The number of rotatable bonds is 3. The van der Waals surface area contributed by atoms with E-state index in [1.165, 1.54) is 5.56 Å². The Balaban J connectivity index is 1.67. The first-order valence-electron chi connectivity index (χ1n) is 9.10. The summed E-state index contributed by atoms with van der Waals surface area (Å²) >= 11 is 0. The van der Waals surface area contributed by atoms with Gasteiger partial charge in [0, 0.05) is 41.7 Å². The van der Waals surface area contributed by atoms with Gasteiger partial charge in [0.05, 0.1) is 0 Å². The number of benzene rings is 3. The smallest absolute Gasteiger partial charge is 0.130 e. The molecule has 136 valence electrons. The van der Waals surface area contributed by atoms with Crippen LogP contribution in [0.15, 0.2) is 79.1 Å². The molecule has 0 atom stereocenters. The van der Waals surface area contributed by atoms with Gasteiger partial charge < -0.3 is 10.2 Å². The first-order valence-corrected chi connectivity index (χ1v) is 9.10. The number of phenols is 2. The lowest BCUT2D eigenvalue weighted by molar-refractivity contribution is 0.445. The van der Waals surface area contributed by atoms with E-state index in [-0.39, 0.29) is 11.5 Å². The molecule has 1 heterocycles. The minimum atomic E-state index is 0.0803. The van der Waals surface area contributed by atoms with Crippen molar-refractivity contribution >= 4 is 10.8 Å². The summed E-state index contributed by atoms with van der Waals surface area (Å²) in [6, 6.07) is 21.2. The summed E-state index contributed by atoms with van der Waals surface area (Å²) in [5, 5.41) is 22.6. The summed E-state index contributed by atoms with van der Waals surface area (Å²) in [6.07, 6.45) is 4.51. The van der Waals surface area contributed by atoms with E-state index in [0.717, 1.165) is 16.5 Å². The van der Waals surface area contributed by atoms with Crippen molar-refractivity contribution in [2.75, 3.05) is 0 Å². The maximum absolute atomic E-state index is 10.8. The molecule has 1 aromatic heterocycles. The van der Waals surface area contributed by atoms with Crippen LogP contribution < -0.4 is 0 Å². The van der Waals surface area contributed by atoms with E-state index >= 15 is 0 Å². The van der Waals surface area contributed by atoms with E-state index in [1.807, 2.05) is 60.7 Å². The molecule has 0 unspecified atom stereocenters. The minimum Gasteiger partial charge on any atom is -0.507 e. The zero-order valence-electron chi connectivity index (χ0n) is 15.3. The average molecular weight is 365 g/mol. The molecule has 0 bridgehead atoms. The number of nitrogens with zero attached hydrogens (tertiary/aromatic N) is 1. The molecule has 4 aromatic rings. The summed E-state index contributed by atoms with van der Waals surface area (Å²) in [6.45, 7) is 0. The van der Waals surface area contributed by atoms with Crippen LogP contribution in [0.25, 0.3) is 10.8 Å². The van der Waals surface area contributed by atoms with Gasteiger partial charge >= 0.3 is 0 Å². The molecule has 0 spiro atoms. The van der Waals surface area contributed by atoms with Gasteiger partial charge in [-0.15, -0.1) is 0 Å². The molecule has 0 fully saturated rings. The Morgan fingerprint density at radius 1 is 0.857 bits per heavy atom. The predicted molar refractivity (Wildman–Crippen MR) is 111 cm³/mol. The van der Waals surface area contributed by atoms with Gasteiger partial charge in [-0.25, -0.2) is 0 Å². The van der Waals surface area contributed by atoms with Crippen LogP contribution in [0.1, 0.15) is 22.3 Å². The third-order valence-electron chi connectivity index (χ3n) is 4.67. The number of fused-ring (bicyclic) bond motifs is 1. The highest BCUT2D eigenvalue weighted by atomic mass is 16.3. The quantitative estimate of drug-likeness (QED) is 0.511. The number of hydrogen-bond donors (Lipinski definition) is 2. The maximum Gasteiger partial charge on any atom is 0.130 e. The Morgan fingerprint density at radius 2 is 1.68 bits per heavy atom. The van der Waals surface area contributed by atoms with Crippen molar-refractivity contribution in [3.05, 3.63) is 101 Å². The minimum absolute atomic E-state index is 0.0803. The van der Waals surface area contributed by atoms with Gasteiger partial charge in [0.15, 0.2) is 0 Å². The van der Waals surface area contributed by atoms with Crippen molar-refractivity contribution in [3.63, 3.8) is 0 Å². The summed E-state index contributed by atoms with van der Waals surface area (Å²) in [5.41, 5.74) is 3.42. The zero-order chi connectivity index (χ0) is 19.3. The standard InChI is InChI=1S/C25H19NO2/c27-24-16-21-12-11-19(9-4-8-18-6-2-1-3-7-18)14-22(21)25(28)23(24)15-20-10-5-13-26-17-20/h1-3,5-7,10-14,16-17,27-28H,8,15H2. The summed E-state index contributed by atoms with van der Waals surface area (Å²) in [5.74, 6) is 6.51. The highest BCUT2D eigenvalue weighted by Gasteiger charge is 2.13. The van der Waals surface area contributed by atoms with Gasteiger partial charge in [-0.1, -0.05) is 54.3 Å². The van der Waals surface area contributed by atoms with Crippen LogP contribution in [0.5, 0.6) is 11.5 Å². The van der Waals surface area contributed by atoms with E-state index in [1.54, 1.807) is 18.5 Å². The molecule has 3 nitrogen and oxygen atoms in total. The highest BCUT2D eigenvalue weighted by Crippen LogP contribution is 2.37. The van der Waals surface area contributed by atoms with Crippen LogP contribution >= 0.6 is 0 Å². The Kier molecular flexibility index (Phi) is 4.95. The van der Waals surface area contributed by atoms with Crippen LogP contribution in [-0.2, 0) is 12.8 Å². The molecular formula is C25H19NO2. The molecular weight excluding hydrogens is 346 g/mol. The molecule has 0 saturated heterocycles. The van der Waals surface area contributed by atoms with Crippen molar-refractivity contribution in [1.29, 1.82) is 0 Å². The summed E-state index contributed by atoms with van der Waals surface area (Å²) in [7, 11) is 0. The molecule has 2 N–H and O–H groups in total. The summed E-state index contributed by atoms with van der Waals surface area (Å²) < 4.78 is 0. The van der Waals surface area contributed by atoms with Gasteiger partial charge in [0.25, 0.3) is 0 Å². The molecule has 4 rings (SSSR count). The van der Waals surface area contributed by atoms with Crippen LogP contribution in [-0.4, -0.2) is 15.2 Å². The molecule has 3 heteroatoms. The van der Waals surface area contributed by atoms with Crippen molar-refractivity contribution in [1.82, 2.24) is 4.98 Å². The molecule has 3 aromatic carbocycles. The molecule has 0 amide bonds. The van der Waals surface area contributed by atoms with Gasteiger partial charge in [0.1, 0.15) is 11.5 Å². The molecule has 28 heavy (non-hydrogen) atoms. The van der Waals surface area contributed by atoms with E-state index in [4.69, 9.17) is 0 Å². The van der Waals surface area contributed by atoms with Gasteiger partial charge in [-0.05, 0) is 40.8 Å². The summed E-state index contributed by atoms with van der Waals surface area (Å²) in [4.78, 5) is 4.09. The molecule has 0 saturated carbocycles. The molecule has 0 aliphatic heterocycles. The normalized spacial score (nSPS) is 10.4. The van der Waals surface area contributed by atoms with Gasteiger partial charge in [-0.2, -0.15) is 0 Å². The van der Waals surface area contributed by atoms with Crippen LogP contribution in [0.2, 0.25) is 0 Å². The van der Waals surface area contributed by atoms with Gasteiger partial charge in [-0.3, -0.25) is 4.98 Å². The molecule has 0 aliphatic carbocycles. The molecule has 0 aliphatic rings. The predicted octanol–water partition coefficient (Wildman–Crippen LogP) is 4.83. The fourth-order valence-electron chi connectivity index (χ4n) is 3.21. The van der Waals surface area contributed by atoms with E-state index in [2.05, 4.69) is 16.8 Å². The zero-order valence-corrected chi connectivity index (χ0v) is 15.3. The lowest BCUT2D eigenvalue weighted by atomic mass is 9.98. The Morgan fingerprint density at radius 3 is 2.46 bits per heavy atom. The first-order chi connectivity index (χ1) is 13.7.